The number of fused-ring (bicyclic) bond motifs is 2. The summed E-state index contributed by atoms with van der Waals surface area (Å²) in [5.74, 6) is 0.932. The van der Waals surface area contributed by atoms with Crippen LogP contribution >= 0.6 is 11.5 Å². The van der Waals surface area contributed by atoms with Gasteiger partial charge in [-0.2, -0.15) is 4.37 Å². The monoisotopic (exact) mass is 366 g/mol. The van der Waals surface area contributed by atoms with Gasteiger partial charge in [0.2, 0.25) is 0 Å². The van der Waals surface area contributed by atoms with E-state index in [2.05, 4.69) is 47.2 Å². The summed E-state index contributed by atoms with van der Waals surface area (Å²) >= 11 is 1.59. The van der Waals surface area contributed by atoms with Gasteiger partial charge in [0.05, 0.1) is 11.7 Å². The van der Waals surface area contributed by atoms with E-state index < -0.39 is 0 Å². The lowest BCUT2D eigenvalue weighted by atomic mass is 9.76. The molecule has 4 heterocycles. The van der Waals surface area contributed by atoms with Gasteiger partial charge in [-0.3, -0.25) is 9.97 Å². The molecule has 0 amide bonds. The highest BCUT2D eigenvalue weighted by atomic mass is 32.1. The van der Waals surface area contributed by atoms with Crippen molar-refractivity contribution in [3.05, 3.63) is 47.6 Å². The molecule has 4 aromatic heterocycles. The Balaban J connectivity index is 1.60. The number of hydrogen-bond donors (Lipinski definition) is 0. The Bertz CT molecular complexity index is 978. The summed E-state index contributed by atoms with van der Waals surface area (Å²) in [4.78, 5) is 9.70. The van der Waals surface area contributed by atoms with Gasteiger partial charge >= 0.3 is 0 Å². The highest BCUT2D eigenvalue weighted by Crippen LogP contribution is 2.41. The Morgan fingerprint density at radius 1 is 0.885 bits per heavy atom. The molecule has 0 radical (unpaired) electrons. The van der Waals surface area contributed by atoms with Crippen LogP contribution in [0.4, 0.5) is 0 Å². The van der Waals surface area contributed by atoms with Gasteiger partial charge in [-0.15, -0.1) is 0 Å². The predicted octanol–water partition coefficient (Wildman–Crippen LogP) is 5.26. The highest BCUT2D eigenvalue weighted by Gasteiger charge is 2.33. The average molecular weight is 366 g/mol. The van der Waals surface area contributed by atoms with Crippen LogP contribution in [0, 0.1) is 0 Å². The van der Waals surface area contributed by atoms with Crippen LogP contribution in [0.15, 0.2) is 41.4 Å². The zero-order valence-corrected chi connectivity index (χ0v) is 16.3. The zero-order valence-electron chi connectivity index (χ0n) is 15.5. The van der Waals surface area contributed by atoms with E-state index >= 15 is 0 Å². The summed E-state index contributed by atoms with van der Waals surface area (Å²) in [7, 11) is 0. The first-order valence-corrected chi connectivity index (χ1v) is 9.56. The molecule has 0 atom stereocenters. The minimum atomic E-state index is -0.119. The van der Waals surface area contributed by atoms with Crippen LogP contribution in [0.3, 0.4) is 0 Å². The molecule has 0 aromatic carbocycles. The van der Waals surface area contributed by atoms with Gasteiger partial charge in [-0.05, 0) is 36.5 Å². The van der Waals surface area contributed by atoms with Crippen LogP contribution in [0.25, 0.3) is 21.8 Å². The second-order valence-corrected chi connectivity index (χ2v) is 8.85. The third-order valence-electron chi connectivity index (χ3n) is 5.16. The van der Waals surface area contributed by atoms with Crippen molar-refractivity contribution in [2.75, 3.05) is 0 Å². The number of pyridine rings is 2. The molecule has 26 heavy (non-hydrogen) atoms. The lowest BCUT2D eigenvalue weighted by molar-refractivity contribution is 0.289. The van der Waals surface area contributed by atoms with E-state index in [1.807, 2.05) is 18.3 Å². The molecule has 4 rings (SSSR count). The number of nitrogens with zero attached hydrogens (tertiary/aromatic N) is 4. The molecular weight excluding hydrogens is 344 g/mol. The quantitative estimate of drug-likeness (QED) is 0.482. The van der Waals surface area contributed by atoms with Crippen molar-refractivity contribution in [1.82, 2.24) is 19.5 Å². The van der Waals surface area contributed by atoms with Gasteiger partial charge in [0.25, 0.3) is 0 Å². The van der Waals surface area contributed by atoms with E-state index in [-0.39, 0.29) is 10.8 Å². The summed E-state index contributed by atoms with van der Waals surface area (Å²) in [6.45, 7) is 9.00. The van der Waals surface area contributed by atoms with Crippen LogP contribution in [0.2, 0.25) is 0 Å². The molecule has 0 fully saturated rings. The fourth-order valence-corrected chi connectivity index (χ4v) is 4.36. The predicted molar refractivity (Wildman–Crippen MR) is 105 cm³/mol. The molecule has 0 aliphatic heterocycles. The Labute approximate surface area is 156 Å². The highest BCUT2D eigenvalue weighted by molar-refractivity contribution is 7.07. The van der Waals surface area contributed by atoms with Gasteiger partial charge in [-0.25, -0.2) is 0 Å². The largest absolute Gasteiger partial charge is 0.360 e. The SMILES string of the molecule is CC(C)(CCC(C)(C)c1snc2ccncc12)c1onc2cnccc12. The molecule has 0 bridgehead atoms. The Morgan fingerprint density at radius 3 is 2.46 bits per heavy atom. The van der Waals surface area contributed by atoms with E-state index in [0.29, 0.717) is 0 Å². The molecule has 0 spiro atoms. The van der Waals surface area contributed by atoms with Crippen molar-refractivity contribution in [2.24, 2.45) is 0 Å². The topological polar surface area (TPSA) is 64.7 Å². The van der Waals surface area contributed by atoms with Crippen LogP contribution in [0.5, 0.6) is 0 Å². The van der Waals surface area contributed by atoms with Crippen LogP contribution < -0.4 is 0 Å². The fourth-order valence-electron chi connectivity index (χ4n) is 3.41. The van der Waals surface area contributed by atoms with E-state index in [0.717, 1.165) is 40.4 Å². The van der Waals surface area contributed by atoms with Crippen molar-refractivity contribution < 1.29 is 4.52 Å². The number of aromatic nitrogens is 4. The molecule has 0 N–H and O–H groups in total. The summed E-state index contributed by atoms with van der Waals surface area (Å²) in [6.07, 6.45) is 9.26. The van der Waals surface area contributed by atoms with Gasteiger partial charge in [0, 0.05) is 45.1 Å². The molecule has 0 aliphatic rings. The number of hydrogen-bond acceptors (Lipinski definition) is 6. The van der Waals surface area contributed by atoms with E-state index in [1.165, 1.54) is 4.88 Å². The maximum Gasteiger partial charge on any atom is 0.150 e. The molecule has 0 aliphatic carbocycles. The van der Waals surface area contributed by atoms with Crippen molar-refractivity contribution >= 4 is 33.3 Å². The lowest BCUT2D eigenvalue weighted by Crippen LogP contribution is -2.23. The molecule has 4 aromatic rings. The van der Waals surface area contributed by atoms with Gasteiger partial charge < -0.3 is 4.52 Å². The average Bonchev–Trinajstić information content (AvgIpc) is 3.25. The molecular formula is C20H22N4OS. The van der Waals surface area contributed by atoms with Crippen molar-refractivity contribution in [2.45, 2.75) is 51.4 Å². The summed E-state index contributed by atoms with van der Waals surface area (Å²) in [5, 5.41) is 6.38. The van der Waals surface area contributed by atoms with Crippen LogP contribution in [-0.2, 0) is 10.8 Å². The second kappa shape index (κ2) is 6.13. The van der Waals surface area contributed by atoms with Crippen molar-refractivity contribution in [3.63, 3.8) is 0 Å². The second-order valence-electron chi connectivity index (χ2n) is 8.08. The zero-order chi connectivity index (χ0) is 18.4. The van der Waals surface area contributed by atoms with E-state index in [9.17, 15) is 0 Å². The Morgan fingerprint density at radius 2 is 1.62 bits per heavy atom. The van der Waals surface area contributed by atoms with E-state index in [4.69, 9.17) is 4.52 Å². The fraction of sp³-hybridized carbons (Fsp3) is 0.400. The summed E-state index contributed by atoms with van der Waals surface area (Å²) < 4.78 is 10.3. The minimum absolute atomic E-state index is 0.0110. The van der Waals surface area contributed by atoms with Crippen LogP contribution in [0.1, 0.15) is 51.2 Å². The number of rotatable bonds is 5. The molecule has 0 saturated heterocycles. The smallest absolute Gasteiger partial charge is 0.150 e. The standard InChI is InChI=1S/C20H22N4OS/c1-19(2,17-13-5-9-22-12-16(13)23-25-17)7-8-20(3,4)18-14-11-21-10-6-15(14)24-26-18/h5-6,9-12H,7-8H2,1-4H3. The summed E-state index contributed by atoms with van der Waals surface area (Å²) in [5.41, 5.74) is 1.74. The first-order chi connectivity index (χ1) is 12.4. The first-order valence-electron chi connectivity index (χ1n) is 8.78. The normalized spacial score (nSPS) is 12.9. The van der Waals surface area contributed by atoms with Crippen molar-refractivity contribution in [3.8, 4) is 0 Å². The van der Waals surface area contributed by atoms with Crippen LogP contribution in [-0.4, -0.2) is 19.5 Å². The lowest BCUT2D eigenvalue weighted by Gasteiger charge is -2.29. The third kappa shape index (κ3) is 2.88. The van der Waals surface area contributed by atoms with Gasteiger partial charge in [0.1, 0.15) is 11.3 Å². The Kier molecular flexibility index (Phi) is 4.03. The molecule has 6 heteroatoms. The Hall–Kier alpha value is -2.34. The van der Waals surface area contributed by atoms with Gasteiger partial charge in [0.15, 0.2) is 0 Å². The summed E-state index contributed by atoms with van der Waals surface area (Å²) in [6, 6.07) is 3.96. The maximum absolute atomic E-state index is 5.70. The molecule has 134 valence electrons. The maximum atomic E-state index is 5.70. The molecule has 0 saturated carbocycles. The first kappa shape index (κ1) is 17.1. The minimum Gasteiger partial charge on any atom is -0.360 e. The van der Waals surface area contributed by atoms with E-state index in [1.54, 1.807) is 30.1 Å². The third-order valence-corrected chi connectivity index (χ3v) is 6.41. The van der Waals surface area contributed by atoms with Crippen molar-refractivity contribution in [1.29, 1.82) is 0 Å². The molecule has 5 nitrogen and oxygen atoms in total. The molecule has 0 unspecified atom stereocenters. The van der Waals surface area contributed by atoms with Gasteiger partial charge in [-0.1, -0.05) is 32.9 Å².